The standard InChI is InChI=1S/C20H16BrCl3N4O3/c1-2-3-7-27(17-12(20(30)31)8-11(22)9-14(17)24)19(29)15-10-16(21)26-28(15)18-13(23)5-4-6-25-18/h4-6,8-10H,2-3,7H2,1H3,(H,30,31). The Labute approximate surface area is 201 Å². The molecular weight excluding hydrogens is 531 g/mol. The molecule has 0 bridgehead atoms. The molecule has 2 heterocycles. The Balaban J connectivity index is 2.19. The van der Waals surface area contributed by atoms with Gasteiger partial charge in [0.15, 0.2) is 5.82 Å². The fraction of sp³-hybridized carbons (Fsp3) is 0.200. The maximum atomic E-state index is 13.7. The fourth-order valence-corrected chi connectivity index (χ4v) is 4.14. The smallest absolute Gasteiger partial charge is 0.337 e. The number of benzene rings is 1. The van der Waals surface area contributed by atoms with E-state index in [0.717, 1.165) is 6.42 Å². The maximum Gasteiger partial charge on any atom is 0.337 e. The molecule has 31 heavy (non-hydrogen) atoms. The van der Waals surface area contributed by atoms with Gasteiger partial charge in [0, 0.05) is 23.8 Å². The number of rotatable bonds is 7. The van der Waals surface area contributed by atoms with Crippen LogP contribution in [-0.2, 0) is 0 Å². The number of unbranched alkanes of at least 4 members (excludes halogenated alkanes) is 1. The van der Waals surface area contributed by atoms with Crippen LogP contribution >= 0.6 is 50.7 Å². The highest BCUT2D eigenvalue weighted by Crippen LogP contribution is 2.35. The number of carbonyl (C=O) groups excluding carboxylic acids is 1. The van der Waals surface area contributed by atoms with Crippen molar-refractivity contribution >= 4 is 68.3 Å². The van der Waals surface area contributed by atoms with Crippen LogP contribution in [0.2, 0.25) is 15.1 Å². The second-order valence-corrected chi connectivity index (χ2v) is 8.54. The Morgan fingerprint density at radius 1 is 1.19 bits per heavy atom. The monoisotopic (exact) mass is 544 g/mol. The van der Waals surface area contributed by atoms with Crippen molar-refractivity contribution < 1.29 is 14.7 Å². The first kappa shape index (κ1) is 23.5. The van der Waals surface area contributed by atoms with E-state index in [0.29, 0.717) is 16.0 Å². The summed E-state index contributed by atoms with van der Waals surface area (Å²) in [4.78, 5) is 31.1. The third-order valence-electron chi connectivity index (χ3n) is 4.35. The van der Waals surface area contributed by atoms with Crippen LogP contribution in [0.1, 0.15) is 40.6 Å². The van der Waals surface area contributed by atoms with Crippen molar-refractivity contribution in [1.82, 2.24) is 14.8 Å². The van der Waals surface area contributed by atoms with Crippen LogP contribution < -0.4 is 4.90 Å². The van der Waals surface area contributed by atoms with Gasteiger partial charge in [-0.2, -0.15) is 5.10 Å². The number of amides is 1. The molecule has 162 valence electrons. The highest BCUT2D eigenvalue weighted by Gasteiger charge is 2.29. The zero-order chi connectivity index (χ0) is 22.7. The van der Waals surface area contributed by atoms with Gasteiger partial charge in [-0.15, -0.1) is 0 Å². The molecule has 0 unspecified atom stereocenters. The number of aromatic carboxylic acids is 1. The summed E-state index contributed by atoms with van der Waals surface area (Å²) < 4.78 is 1.69. The summed E-state index contributed by atoms with van der Waals surface area (Å²) in [7, 11) is 0. The molecule has 1 aromatic carbocycles. The highest BCUT2D eigenvalue weighted by molar-refractivity contribution is 9.10. The van der Waals surface area contributed by atoms with Gasteiger partial charge in [-0.25, -0.2) is 14.5 Å². The molecule has 3 aromatic rings. The highest BCUT2D eigenvalue weighted by atomic mass is 79.9. The zero-order valence-corrected chi connectivity index (χ0v) is 20.0. The topological polar surface area (TPSA) is 88.3 Å². The lowest BCUT2D eigenvalue weighted by atomic mass is 10.1. The van der Waals surface area contributed by atoms with Gasteiger partial charge < -0.3 is 10.0 Å². The predicted molar refractivity (Wildman–Crippen MR) is 124 cm³/mol. The first-order valence-electron chi connectivity index (χ1n) is 9.15. The van der Waals surface area contributed by atoms with Crippen LogP contribution in [0.4, 0.5) is 5.69 Å². The fourth-order valence-electron chi connectivity index (χ4n) is 2.97. The summed E-state index contributed by atoms with van der Waals surface area (Å²) >= 11 is 21.9. The molecule has 0 saturated heterocycles. The number of carboxylic acid groups (broad SMARTS) is 1. The average molecular weight is 547 g/mol. The van der Waals surface area contributed by atoms with Crippen molar-refractivity contribution in [3.8, 4) is 5.82 Å². The molecule has 0 fully saturated rings. The summed E-state index contributed by atoms with van der Waals surface area (Å²) in [5, 5.41) is 14.5. The quantitative estimate of drug-likeness (QED) is 0.385. The molecule has 0 aliphatic rings. The number of carbonyl (C=O) groups is 2. The lowest BCUT2D eigenvalue weighted by Crippen LogP contribution is -2.35. The summed E-state index contributed by atoms with van der Waals surface area (Å²) in [5.74, 6) is -1.51. The molecule has 1 N–H and O–H groups in total. The van der Waals surface area contributed by atoms with Crippen molar-refractivity contribution in [3.63, 3.8) is 0 Å². The van der Waals surface area contributed by atoms with Crippen LogP contribution in [0, 0.1) is 0 Å². The van der Waals surface area contributed by atoms with Gasteiger partial charge in [-0.1, -0.05) is 48.1 Å². The minimum absolute atomic E-state index is 0.0513. The Bertz CT molecular complexity index is 1150. The number of hydrogen-bond acceptors (Lipinski definition) is 4. The molecule has 0 spiro atoms. The van der Waals surface area contributed by atoms with Crippen molar-refractivity contribution in [1.29, 1.82) is 0 Å². The molecule has 11 heteroatoms. The lowest BCUT2D eigenvalue weighted by Gasteiger charge is -2.25. The number of anilines is 1. The molecule has 0 aliphatic heterocycles. The summed E-state index contributed by atoms with van der Waals surface area (Å²) in [5.41, 5.74) is 0.0156. The number of nitrogens with zero attached hydrogens (tertiary/aromatic N) is 4. The van der Waals surface area contributed by atoms with Gasteiger partial charge in [-0.05, 0) is 46.6 Å². The van der Waals surface area contributed by atoms with E-state index in [1.54, 1.807) is 12.1 Å². The van der Waals surface area contributed by atoms with Crippen LogP contribution in [0.25, 0.3) is 5.82 Å². The Kier molecular flexibility index (Phi) is 7.59. The summed E-state index contributed by atoms with van der Waals surface area (Å²) in [6.07, 6.45) is 2.91. The molecule has 0 atom stereocenters. The average Bonchev–Trinajstić information content (AvgIpc) is 3.10. The minimum Gasteiger partial charge on any atom is -0.478 e. The predicted octanol–water partition coefficient (Wildman–Crippen LogP) is 6.14. The molecule has 1 amide bonds. The van der Waals surface area contributed by atoms with E-state index in [4.69, 9.17) is 34.8 Å². The van der Waals surface area contributed by atoms with Gasteiger partial charge in [0.05, 0.1) is 21.3 Å². The Hall–Kier alpha value is -2.13. The van der Waals surface area contributed by atoms with Crippen LogP contribution in [0.3, 0.4) is 0 Å². The Morgan fingerprint density at radius 3 is 2.58 bits per heavy atom. The summed E-state index contributed by atoms with van der Waals surface area (Å²) in [6.45, 7) is 2.19. The SMILES string of the molecule is CCCCN(C(=O)c1cc(Br)nn1-c1ncccc1Cl)c1c(Cl)cc(Cl)cc1C(=O)O. The van der Waals surface area contributed by atoms with Gasteiger partial charge in [0.1, 0.15) is 10.3 Å². The molecule has 0 radical (unpaired) electrons. The number of halogens is 4. The van der Waals surface area contributed by atoms with Gasteiger partial charge >= 0.3 is 5.97 Å². The van der Waals surface area contributed by atoms with Crippen molar-refractivity contribution in [2.24, 2.45) is 0 Å². The van der Waals surface area contributed by atoms with Crippen molar-refractivity contribution in [2.75, 3.05) is 11.4 Å². The molecular formula is C20H16BrCl3N4O3. The molecule has 0 saturated carbocycles. The number of pyridine rings is 1. The normalized spacial score (nSPS) is 10.9. The van der Waals surface area contributed by atoms with E-state index < -0.39 is 11.9 Å². The van der Waals surface area contributed by atoms with Crippen molar-refractivity contribution in [3.05, 3.63) is 67.5 Å². The number of aromatic nitrogens is 3. The van der Waals surface area contributed by atoms with Crippen LogP contribution in [-0.4, -0.2) is 38.3 Å². The second kappa shape index (κ2) is 9.99. The summed E-state index contributed by atoms with van der Waals surface area (Å²) in [6, 6.07) is 7.46. The van der Waals surface area contributed by atoms with Crippen LogP contribution in [0.5, 0.6) is 0 Å². The van der Waals surface area contributed by atoms with E-state index in [-0.39, 0.29) is 39.4 Å². The largest absolute Gasteiger partial charge is 0.478 e. The van der Waals surface area contributed by atoms with E-state index >= 15 is 0 Å². The van der Waals surface area contributed by atoms with E-state index in [2.05, 4.69) is 26.0 Å². The third kappa shape index (κ3) is 5.03. The van der Waals surface area contributed by atoms with E-state index in [1.807, 2.05) is 6.92 Å². The van der Waals surface area contributed by atoms with E-state index in [1.165, 1.54) is 34.0 Å². The molecule has 7 nitrogen and oxygen atoms in total. The Morgan fingerprint density at radius 2 is 1.94 bits per heavy atom. The zero-order valence-electron chi connectivity index (χ0n) is 16.1. The minimum atomic E-state index is -1.25. The molecule has 3 rings (SSSR count). The number of carboxylic acids is 1. The second-order valence-electron chi connectivity index (χ2n) is 6.47. The third-order valence-corrected chi connectivity index (χ3v) is 5.54. The van der Waals surface area contributed by atoms with E-state index in [9.17, 15) is 14.7 Å². The first-order valence-corrected chi connectivity index (χ1v) is 11.1. The van der Waals surface area contributed by atoms with Crippen LogP contribution in [0.15, 0.2) is 41.1 Å². The van der Waals surface area contributed by atoms with Gasteiger partial charge in [-0.3, -0.25) is 4.79 Å². The molecule has 0 aliphatic carbocycles. The molecule has 2 aromatic heterocycles. The van der Waals surface area contributed by atoms with Gasteiger partial charge in [0.25, 0.3) is 5.91 Å². The first-order chi connectivity index (χ1) is 14.7. The van der Waals surface area contributed by atoms with Gasteiger partial charge in [0.2, 0.25) is 0 Å². The van der Waals surface area contributed by atoms with Crippen molar-refractivity contribution in [2.45, 2.75) is 19.8 Å². The lowest BCUT2D eigenvalue weighted by molar-refractivity contribution is 0.0697. The number of hydrogen-bond donors (Lipinski definition) is 1. The maximum absolute atomic E-state index is 13.7.